The molecule has 0 aliphatic rings. The smallest absolute Gasteiger partial charge is 0.318 e. The molecule has 0 aromatic carbocycles. The summed E-state index contributed by atoms with van der Waals surface area (Å²) in [6, 6.07) is 0. The zero-order valence-electron chi connectivity index (χ0n) is 9.45. The summed E-state index contributed by atoms with van der Waals surface area (Å²) in [6.07, 6.45) is 3.88. The predicted molar refractivity (Wildman–Crippen MR) is 62.7 cm³/mol. The number of hydrogen-bond donors (Lipinski definition) is 1. The Morgan fingerprint density at radius 2 is 2.00 bits per heavy atom. The average molecular weight is 218 g/mol. The highest BCUT2D eigenvalue weighted by molar-refractivity contribution is 7.81. The SMILES string of the molecule is CCCCC(S)C(=O)OCCC(C)C. The third-order valence-corrected chi connectivity index (χ3v) is 2.51. The monoisotopic (exact) mass is 218 g/mol. The van der Waals surface area contributed by atoms with E-state index >= 15 is 0 Å². The lowest BCUT2D eigenvalue weighted by molar-refractivity contribution is -0.143. The molecule has 3 heteroatoms. The van der Waals surface area contributed by atoms with Gasteiger partial charge in [-0.2, -0.15) is 12.6 Å². The minimum Gasteiger partial charge on any atom is -0.465 e. The summed E-state index contributed by atoms with van der Waals surface area (Å²) in [5.41, 5.74) is 0. The van der Waals surface area contributed by atoms with Gasteiger partial charge in [0.05, 0.1) is 11.9 Å². The van der Waals surface area contributed by atoms with Gasteiger partial charge >= 0.3 is 5.97 Å². The van der Waals surface area contributed by atoms with Gasteiger partial charge in [0.25, 0.3) is 0 Å². The van der Waals surface area contributed by atoms with Crippen LogP contribution in [0.3, 0.4) is 0 Å². The summed E-state index contributed by atoms with van der Waals surface area (Å²) in [4.78, 5) is 11.3. The second-order valence-electron chi connectivity index (χ2n) is 4.01. The summed E-state index contributed by atoms with van der Waals surface area (Å²) in [6.45, 7) is 6.86. The molecule has 0 aromatic heterocycles. The van der Waals surface area contributed by atoms with Crippen LogP contribution in [0.2, 0.25) is 0 Å². The fraction of sp³-hybridized carbons (Fsp3) is 0.909. The van der Waals surface area contributed by atoms with Crippen LogP contribution in [0.4, 0.5) is 0 Å². The largest absolute Gasteiger partial charge is 0.465 e. The van der Waals surface area contributed by atoms with E-state index in [2.05, 4.69) is 33.4 Å². The summed E-state index contributed by atoms with van der Waals surface area (Å²) in [7, 11) is 0. The number of thiol groups is 1. The number of carbonyl (C=O) groups excluding carboxylic acids is 1. The zero-order valence-corrected chi connectivity index (χ0v) is 10.3. The lowest BCUT2D eigenvalue weighted by Gasteiger charge is -2.11. The molecule has 0 N–H and O–H groups in total. The molecule has 0 aliphatic carbocycles. The first-order valence-electron chi connectivity index (χ1n) is 5.42. The number of hydrogen-bond acceptors (Lipinski definition) is 3. The zero-order chi connectivity index (χ0) is 11.0. The normalized spacial score (nSPS) is 12.9. The van der Waals surface area contributed by atoms with Gasteiger partial charge in [0.15, 0.2) is 0 Å². The van der Waals surface area contributed by atoms with Gasteiger partial charge in [-0.3, -0.25) is 4.79 Å². The van der Waals surface area contributed by atoms with Crippen LogP contribution in [-0.2, 0) is 9.53 Å². The van der Waals surface area contributed by atoms with E-state index in [1.54, 1.807) is 0 Å². The van der Waals surface area contributed by atoms with E-state index in [0.29, 0.717) is 12.5 Å². The Morgan fingerprint density at radius 3 is 2.50 bits per heavy atom. The van der Waals surface area contributed by atoms with Crippen LogP contribution in [0, 0.1) is 5.92 Å². The first-order valence-corrected chi connectivity index (χ1v) is 5.94. The molecular formula is C11H22O2S. The predicted octanol–water partition coefficient (Wildman–Crippen LogP) is 3.06. The molecule has 14 heavy (non-hydrogen) atoms. The van der Waals surface area contributed by atoms with E-state index in [1.165, 1.54) is 0 Å². The van der Waals surface area contributed by atoms with Crippen LogP contribution < -0.4 is 0 Å². The third kappa shape index (κ3) is 7.25. The minimum absolute atomic E-state index is 0.164. The van der Waals surface area contributed by atoms with Gasteiger partial charge in [-0.25, -0.2) is 0 Å². The molecular weight excluding hydrogens is 196 g/mol. The molecule has 0 fully saturated rings. The van der Waals surface area contributed by atoms with Crippen LogP contribution >= 0.6 is 12.6 Å². The molecule has 1 atom stereocenters. The third-order valence-electron chi connectivity index (χ3n) is 2.04. The van der Waals surface area contributed by atoms with E-state index in [-0.39, 0.29) is 11.2 Å². The number of esters is 1. The molecule has 0 rings (SSSR count). The van der Waals surface area contributed by atoms with Crippen molar-refractivity contribution >= 4 is 18.6 Å². The number of carbonyl (C=O) groups is 1. The maximum Gasteiger partial charge on any atom is 0.318 e. The summed E-state index contributed by atoms with van der Waals surface area (Å²) < 4.78 is 5.10. The summed E-state index contributed by atoms with van der Waals surface area (Å²) in [5, 5.41) is -0.234. The van der Waals surface area contributed by atoms with Crippen molar-refractivity contribution in [1.82, 2.24) is 0 Å². The van der Waals surface area contributed by atoms with Crippen molar-refractivity contribution < 1.29 is 9.53 Å². The van der Waals surface area contributed by atoms with Crippen LogP contribution in [0.25, 0.3) is 0 Å². The maximum absolute atomic E-state index is 11.3. The Bertz CT molecular complexity index is 157. The molecule has 0 heterocycles. The lowest BCUT2D eigenvalue weighted by Crippen LogP contribution is -2.19. The summed E-state index contributed by atoms with van der Waals surface area (Å²) in [5.74, 6) is 0.416. The van der Waals surface area contributed by atoms with Crippen molar-refractivity contribution in [3.8, 4) is 0 Å². The highest BCUT2D eigenvalue weighted by Gasteiger charge is 2.14. The molecule has 0 aromatic rings. The Hall–Kier alpha value is -0.180. The van der Waals surface area contributed by atoms with Crippen molar-refractivity contribution in [1.29, 1.82) is 0 Å². The summed E-state index contributed by atoms with van der Waals surface area (Å²) >= 11 is 4.21. The van der Waals surface area contributed by atoms with Crippen molar-refractivity contribution in [2.45, 2.75) is 51.7 Å². The molecule has 0 saturated carbocycles. The standard InChI is InChI=1S/C11H22O2S/c1-4-5-6-10(14)11(12)13-8-7-9(2)3/h9-10,14H,4-8H2,1-3H3. The van der Waals surface area contributed by atoms with Gasteiger partial charge in [-0.1, -0.05) is 33.6 Å². The Labute approximate surface area is 92.8 Å². The molecule has 0 radical (unpaired) electrons. The first kappa shape index (κ1) is 13.8. The highest BCUT2D eigenvalue weighted by Crippen LogP contribution is 2.09. The van der Waals surface area contributed by atoms with Gasteiger partial charge in [-0.15, -0.1) is 0 Å². The Kier molecular flexibility index (Phi) is 8.05. The van der Waals surface area contributed by atoms with Crippen molar-refractivity contribution in [2.75, 3.05) is 6.61 Å². The first-order chi connectivity index (χ1) is 6.57. The molecule has 0 amide bonds. The molecule has 0 bridgehead atoms. The molecule has 0 saturated heterocycles. The average Bonchev–Trinajstić information content (AvgIpc) is 2.13. The number of ether oxygens (including phenoxy) is 1. The van der Waals surface area contributed by atoms with E-state index in [4.69, 9.17) is 4.74 Å². The molecule has 0 aliphatic heterocycles. The van der Waals surface area contributed by atoms with Gasteiger partial charge in [-0.05, 0) is 18.8 Å². The van der Waals surface area contributed by atoms with Crippen LogP contribution in [0.5, 0.6) is 0 Å². The van der Waals surface area contributed by atoms with E-state index in [9.17, 15) is 4.79 Å². The van der Waals surface area contributed by atoms with Crippen LogP contribution in [0.1, 0.15) is 46.5 Å². The van der Waals surface area contributed by atoms with E-state index in [1.807, 2.05) is 0 Å². The van der Waals surface area contributed by atoms with Crippen molar-refractivity contribution in [3.63, 3.8) is 0 Å². The minimum atomic E-state index is -0.234. The van der Waals surface area contributed by atoms with Crippen LogP contribution in [-0.4, -0.2) is 17.8 Å². The van der Waals surface area contributed by atoms with E-state index in [0.717, 1.165) is 25.7 Å². The second kappa shape index (κ2) is 8.16. The van der Waals surface area contributed by atoms with Gasteiger partial charge in [0.2, 0.25) is 0 Å². The van der Waals surface area contributed by atoms with Crippen molar-refractivity contribution in [3.05, 3.63) is 0 Å². The molecule has 84 valence electrons. The van der Waals surface area contributed by atoms with Crippen molar-refractivity contribution in [2.24, 2.45) is 5.92 Å². The van der Waals surface area contributed by atoms with Gasteiger partial charge in [0.1, 0.15) is 0 Å². The fourth-order valence-electron chi connectivity index (χ4n) is 1.01. The molecule has 1 unspecified atom stereocenters. The number of unbranched alkanes of at least 4 members (excludes halogenated alkanes) is 1. The van der Waals surface area contributed by atoms with E-state index < -0.39 is 0 Å². The Balaban J connectivity index is 3.52. The number of rotatable bonds is 7. The van der Waals surface area contributed by atoms with Crippen LogP contribution in [0.15, 0.2) is 0 Å². The second-order valence-corrected chi connectivity index (χ2v) is 4.63. The topological polar surface area (TPSA) is 26.3 Å². The van der Waals surface area contributed by atoms with Gasteiger partial charge in [0, 0.05) is 0 Å². The quantitative estimate of drug-likeness (QED) is 0.525. The lowest BCUT2D eigenvalue weighted by atomic mass is 10.1. The van der Waals surface area contributed by atoms with Gasteiger partial charge < -0.3 is 4.74 Å². The molecule has 2 nitrogen and oxygen atoms in total. The fourth-order valence-corrected chi connectivity index (χ4v) is 1.26. The molecule has 0 spiro atoms. The highest BCUT2D eigenvalue weighted by atomic mass is 32.1. The maximum atomic E-state index is 11.3. The Morgan fingerprint density at radius 1 is 1.36 bits per heavy atom.